The minimum absolute atomic E-state index is 0.200. The number of hydrogen-bond acceptors (Lipinski definition) is 3. The molecule has 1 atom stereocenters. The predicted molar refractivity (Wildman–Crippen MR) is 91.5 cm³/mol. The second kappa shape index (κ2) is 7.61. The highest BCUT2D eigenvalue weighted by Gasteiger charge is 2.12. The van der Waals surface area contributed by atoms with Gasteiger partial charge in [-0.3, -0.25) is 4.79 Å². The van der Waals surface area contributed by atoms with Crippen LogP contribution < -0.4 is 10.7 Å². The lowest BCUT2D eigenvalue weighted by Crippen LogP contribution is -2.35. The number of nitrogens with zero attached hydrogens (tertiary/aromatic N) is 1. The van der Waals surface area contributed by atoms with Gasteiger partial charge in [-0.25, -0.2) is 5.43 Å². The van der Waals surface area contributed by atoms with Gasteiger partial charge in [0.2, 0.25) is 0 Å². The first-order chi connectivity index (χ1) is 10.6. The van der Waals surface area contributed by atoms with E-state index in [4.69, 9.17) is 11.6 Å². The van der Waals surface area contributed by atoms with Crippen LogP contribution in [0.5, 0.6) is 0 Å². The van der Waals surface area contributed by atoms with Crippen LogP contribution in [0.2, 0.25) is 5.02 Å². The Morgan fingerprint density at radius 3 is 2.55 bits per heavy atom. The molecular formula is C17H18ClN3O. The lowest BCUT2D eigenvalue weighted by Gasteiger charge is -2.15. The van der Waals surface area contributed by atoms with Crippen molar-refractivity contribution in [1.82, 2.24) is 5.43 Å². The fourth-order valence-corrected chi connectivity index (χ4v) is 1.98. The van der Waals surface area contributed by atoms with Gasteiger partial charge in [-0.1, -0.05) is 41.9 Å². The van der Waals surface area contributed by atoms with E-state index in [1.807, 2.05) is 43.3 Å². The van der Waals surface area contributed by atoms with E-state index in [0.29, 0.717) is 5.02 Å². The number of hydrazone groups is 1. The fourth-order valence-electron chi connectivity index (χ4n) is 1.85. The van der Waals surface area contributed by atoms with E-state index >= 15 is 0 Å². The SMILES string of the molecule is Cc1ccccc1N[C@@H](C)C(=O)N/N=C\c1ccc(Cl)cc1. The summed E-state index contributed by atoms with van der Waals surface area (Å²) in [7, 11) is 0. The van der Waals surface area contributed by atoms with Crippen LogP contribution in [-0.4, -0.2) is 18.2 Å². The maximum absolute atomic E-state index is 12.0. The molecule has 114 valence electrons. The highest BCUT2D eigenvalue weighted by molar-refractivity contribution is 6.30. The molecule has 0 radical (unpaired) electrons. The van der Waals surface area contributed by atoms with Gasteiger partial charge >= 0.3 is 0 Å². The average molecular weight is 316 g/mol. The molecule has 4 nitrogen and oxygen atoms in total. The number of carbonyl (C=O) groups excluding carboxylic acids is 1. The summed E-state index contributed by atoms with van der Waals surface area (Å²) in [6.07, 6.45) is 1.58. The van der Waals surface area contributed by atoms with E-state index in [1.165, 1.54) is 0 Å². The zero-order valence-corrected chi connectivity index (χ0v) is 13.3. The highest BCUT2D eigenvalue weighted by Crippen LogP contribution is 2.14. The molecule has 0 saturated carbocycles. The van der Waals surface area contributed by atoms with E-state index in [9.17, 15) is 4.79 Å². The van der Waals surface area contributed by atoms with Gasteiger partial charge in [0.15, 0.2) is 0 Å². The third-order valence-electron chi connectivity index (χ3n) is 3.17. The number of nitrogens with one attached hydrogen (secondary N) is 2. The number of hydrogen-bond donors (Lipinski definition) is 2. The van der Waals surface area contributed by atoms with Crippen molar-refractivity contribution in [3.05, 3.63) is 64.7 Å². The third-order valence-corrected chi connectivity index (χ3v) is 3.42. The predicted octanol–water partition coefficient (Wildman–Crippen LogP) is 3.60. The molecule has 0 saturated heterocycles. The minimum Gasteiger partial charge on any atom is -0.374 e. The van der Waals surface area contributed by atoms with Gasteiger partial charge in [-0.05, 0) is 43.2 Å². The largest absolute Gasteiger partial charge is 0.374 e. The van der Waals surface area contributed by atoms with Gasteiger partial charge in [0.1, 0.15) is 6.04 Å². The fraction of sp³-hybridized carbons (Fsp3) is 0.176. The van der Waals surface area contributed by atoms with Crippen molar-refractivity contribution in [2.24, 2.45) is 5.10 Å². The molecule has 2 rings (SSSR count). The van der Waals surface area contributed by atoms with E-state index < -0.39 is 0 Å². The molecule has 0 unspecified atom stereocenters. The van der Waals surface area contributed by atoms with Gasteiger partial charge < -0.3 is 5.32 Å². The molecule has 0 fully saturated rings. The number of aryl methyl sites for hydroxylation is 1. The molecular weight excluding hydrogens is 298 g/mol. The molecule has 2 N–H and O–H groups in total. The van der Waals surface area contributed by atoms with E-state index in [2.05, 4.69) is 15.8 Å². The summed E-state index contributed by atoms with van der Waals surface area (Å²) < 4.78 is 0. The smallest absolute Gasteiger partial charge is 0.262 e. The van der Waals surface area contributed by atoms with Crippen LogP contribution in [0, 0.1) is 6.92 Å². The summed E-state index contributed by atoms with van der Waals surface area (Å²) in [5.41, 5.74) is 5.41. The van der Waals surface area contributed by atoms with E-state index in [-0.39, 0.29) is 11.9 Å². The number of para-hydroxylation sites is 1. The quantitative estimate of drug-likeness (QED) is 0.654. The van der Waals surface area contributed by atoms with Crippen LogP contribution in [0.15, 0.2) is 53.6 Å². The Morgan fingerprint density at radius 1 is 1.18 bits per heavy atom. The summed E-state index contributed by atoms with van der Waals surface area (Å²) in [6.45, 7) is 3.78. The van der Waals surface area contributed by atoms with Crippen LogP contribution in [0.3, 0.4) is 0 Å². The summed E-state index contributed by atoms with van der Waals surface area (Å²) in [5, 5.41) is 7.78. The second-order valence-corrected chi connectivity index (χ2v) is 5.40. The summed E-state index contributed by atoms with van der Waals surface area (Å²) in [6, 6.07) is 14.6. The Labute approximate surface area is 135 Å². The Balaban J connectivity index is 1.89. The van der Waals surface area contributed by atoms with Gasteiger partial charge in [-0.2, -0.15) is 5.10 Å². The normalized spacial score (nSPS) is 12.1. The Kier molecular flexibility index (Phi) is 5.55. The zero-order chi connectivity index (χ0) is 15.9. The van der Waals surface area contributed by atoms with E-state index in [0.717, 1.165) is 16.8 Å². The van der Waals surface area contributed by atoms with Crippen molar-refractivity contribution >= 4 is 29.4 Å². The second-order valence-electron chi connectivity index (χ2n) is 4.97. The number of rotatable bonds is 5. The molecule has 5 heteroatoms. The molecule has 0 bridgehead atoms. The monoisotopic (exact) mass is 315 g/mol. The van der Waals surface area contributed by atoms with Crippen molar-refractivity contribution in [3.63, 3.8) is 0 Å². The van der Waals surface area contributed by atoms with Crippen molar-refractivity contribution in [1.29, 1.82) is 0 Å². The minimum atomic E-state index is -0.386. The van der Waals surface area contributed by atoms with Gasteiger partial charge in [0.05, 0.1) is 6.21 Å². The topological polar surface area (TPSA) is 53.5 Å². The number of benzene rings is 2. The molecule has 0 heterocycles. The van der Waals surface area contributed by atoms with Crippen LogP contribution >= 0.6 is 11.6 Å². The molecule has 1 amide bonds. The summed E-state index contributed by atoms with van der Waals surface area (Å²) >= 11 is 5.80. The number of amides is 1. The van der Waals surface area contributed by atoms with Crippen molar-refractivity contribution < 1.29 is 4.79 Å². The molecule has 22 heavy (non-hydrogen) atoms. The molecule has 0 aliphatic carbocycles. The standard InChI is InChI=1S/C17H18ClN3O/c1-12-5-3-4-6-16(12)20-13(2)17(22)21-19-11-14-7-9-15(18)10-8-14/h3-11,13,20H,1-2H3,(H,21,22)/b19-11-/t13-/m0/s1. The Morgan fingerprint density at radius 2 is 1.86 bits per heavy atom. The molecule has 2 aromatic rings. The van der Waals surface area contributed by atoms with E-state index in [1.54, 1.807) is 25.3 Å². The maximum atomic E-state index is 12.0. The summed E-state index contributed by atoms with van der Waals surface area (Å²) in [5.74, 6) is -0.200. The maximum Gasteiger partial charge on any atom is 0.262 e. The Hall–Kier alpha value is -2.33. The first kappa shape index (κ1) is 16.0. The first-order valence-electron chi connectivity index (χ1n) is 6.97. The molecule has 0 aromatic heterocycles. The van der Waals surface area contributed by atoms with Crippen molar-refractivity contribution in [2.75, 3.05) is 5.32 Å². The van der Waals surface area contributed by atoms with Gasteiger partial charge in [-0.15, -0.1) is 0 Å². The Bertz CT molecular complexity index is 668. The van der Waals surface area contributed by atoms with Crippen LogP contribution in [0.4, 0.5) is 5.69 Å². The molecule has 2 aromatic carbocycles. The van der Waals surface area contributed by atoms with Gasteiger partial charge in [0, 0.05) is 10.7 Å². The lowest BCUT2D eigenvalue weighted by atomic mass is 10.2. The zero-order valence-electron chi connectivity index (χ0n) is 12.5. The number of halogens is 1. The highest BCUT2D eigenvalue weighted by atomic mass is 35.5. The van der Waals surface area contributed by atoms with Crippen LogP contribution in [0.1, 0.15) is 18.1 Å². The van der Waals surface area contributed by atoms with Crippen molar-refractivity contribution in [2.45, 2.75) is 19.9 Å². The summed E-state index contributed by atoms with van der Waals surface area (Å²) in [4.78, 5) is 12.0. The average Bonchev–Trinajstić information content (AvgIpc) is 2.51. The molecule has 0 aliphatic rings. The van der Waals surface area contributed by atoms with Gasteiger partial charge in [0.25, 0.3) is 5.91 Å². The van der Waals surface area contributed by atoms with Crippen LogP contribution in [-0.2, 0) is 4.79 Å². The number of carbonyl (C=O) groups is 1. The molecule has 0 spiro atoms. The molecule has 0 aliphatic heterocycles. The first-order valence-corrected chi connectivity index (χ1v) is 7.34. The third kappa shape index (κ3) is 4.60. The van der Waals surface area contributed by atoms with Crippen molar-refractivity contribution in [3.8, 4) is 0 Å². The van der Waals surface area contributed by atoms with Crippen LogP contribution in [0.25, 0.3) is 0 Å². The number of anilines is 1. The lowest BCUT2D eigenvalue weighted by molar-refractivity contribution is -0.121.